The molecule has 3 aromatic rings. The minimum atomic E-state index is -0.451. The van der Waals surface area contributed by atoms with Crippen molar-refractivity contribution in [1.82, 2.24) is 19.6 Å². The predicted molar refractivity (Wildman–Crippen MR) is 103 cm³/mol. The van der Waals surface area contributed by atoms with Crippen LogP contribution in [0.2, 0.25) is 5.02 Å². The molecule has 142 valence electrons. The van der Waals surface area contributed by atoms with Gasteiger partial charge in [-0.2, -0.15) is 10.2 Å². The van der Waals surface area contributed by atoms with Crippen molar-refractivity contribution in [3.63, 3.8) is 0 Å². The van der Waals surface area contributed by atoms with Crippen LogP contribution in [0.3, 0.4) is 0 Å². The number of rotatable bonds is 5. The number of anilines is 1. The van der Waals surface area contributed by atoms with Crippen molar-refractivity contribution in [2.75, 3.05) is 5.32 Å². The zero-order chi connectivity index (χ0) is 19.7. The Morgan fingerprint density at radius 1 is 1.33 bits per heavy atom. The van der Waals surface area contributed by atoms with Crippen LogP contribution in [0.5, 0.6) is 0 Å². The Bertz CT molecular complexity index is 994. The van der Waals surface area contributed by atoms with Crippen LogP contribution in [0.15, 0.2) is 30.6 Å². The van der Waals surface area contributed by atoms with Gasteiger partial charge in [-0.05, 0) is 51.0 Å². The average Bonchev–Trinajstić information content (AvgIpc) is 3.15. The van der Waals surface area contributed by atoms with Crippen molar-refractivity contribution in [3.05, 3.63) is 63.9 Å². The maximum Gasteiger partial charge on any atom is 0.249 e. The first-order valence-electron chi connectivity index (χ1n) is 8.56. The van der Waals surface area contributed by atoms with Gasteiger partial charge in [-0.1, -0.05) is 17.7 Å². The van der Waals surface area contributed by atoms with Crippen LogP contribution in [0.25, 0.3) is 0 Å². The maximum atomic E-state index is 13.2. The Morgan fingerprint density at radius 2 is 2.07 bits per heavy atom. The Morgan fingerprint density at radius 3 is 2.70 bits per heavy atom. The number of benzene rings is 1. The van der Waals surface area contributed by atoms with Gasteiger partial charge in [0.05, 0.1) is 29.8 Å². The standard InChI is InChI=1S/C19H21ClFN5O/c1-11-8-22-25(9-11)14(4)19(27)23-18-12(2)24-26(13(18)3)10-15-5-6-16(21)7-17(15)20/h5-9,14H,10H2,1-4H3,(H,23,27). The summed E-state index contributed by atoms with van der Waals surface area (Å²) in [4.78, 5) is 12.6. The van der Waals surface area contributed by atoms with Crippen LogP contribution in [0.1, 0.15) is 35.5 Å². The molecular weight excluding hydrogens is 369 g/mol. The lowest BCUT2D eigenvalue weighted by Gasteiger charge is -2.13. The molecule has 0 saturated heterocycles. The fourth-order valence-corrected chi connectivity index (χ4v) is 3.06. The van der Waals surface area contributed by atoms with Gasteiger partial charge in [-0.3, -0.25) is 14.2 Å². The maximum absolute atomic E-state index is 13.2. The second kappa shape index (κ2) is 7.52. The number of hydrogen-bond acceptors (Lipinski definition) is 3. The number of nitrogens with zero attached hydrogens (tertiary/aromatic N) is 4. The van der Waals surface area contributed by atoms with E-state index in [-0.39, 0.29) is 11.7 Å². The molecule has 1 amide bonds. The highest BCUT2D eigenvalue weighted by Crippen LogP contribution is 2.24. The van der Waals surface area contributed by atoms with Crippen LogP contribution in [-0.4, -0.2) is 25.5 Å². The van der Waals surface area contributed by atoms with Crippen molar-refractivity contribution in [2.24, 2.45) is 0 Å². The molecule has 0 bridgehead atoms. The van der Waals surface area contributed by atoms with E-state index in [1.807, 2.05) is 27.0 Å². The molecule has 0 fully saturated rings. The monoisotopic (exact) mass is 389 g/mol. The van der Waals surface area contributed by atoms with Crippen LogP contribution in [0, 0.1) is 26.6 Å². The average molecular weight is 390 g/mol. The summed E-state index contributed by atoms with van der Waals surface area (Å²) in [5, 5.41) is 12.0. The van der Waals surface area contributed by atoms with E-state index in [2.05, 4.69) is 15.5 Å². The molecule has 2 heterocycles. The van der Waals surface area contributed by atoms with Crippen molar-refractivity contribution >= 4 is 23.2 Å². The molecule has 1 aromatic carbocycles. The molecular formula is C19H21ClFN5O. The molecule has 0 saturated carbocycles. The largest absolute Gasteiger partial charge is 0.321 e. The van der Waals surface area contributed by atoms with E-state index >= 15 is 0 Å². The Hall–Kier alpha value is -2.67. The Labute approximate surface area is 161 Å². The molecule has 1 atom stereocenters. The quantitative estimate of drug-likeness (QED) is 0.716. The lowest BCUT2D eigenvalue weighted by atomic mass is 10.2. The van der Waals surface area contributed by atoms with E-state index in [0.29, 0.717) is 22.9 Å². The van der Waals surface area contributed by atoms with Crippen molar-refractivity contribution in [2.45, 2.75) is 40.3 Å². The lowest BCUT2D eigenvalue weighted by Crippen LogP contribution is -2.24. The van der Waals surface area contributed by atoms with Gasteiger partial charge in [0.1, 0.15) is 11.9 Å². The number of carbonyl (C=O) groups is 1. The molecule has 1 N–H and O–H groups in total. The zero-order valence-corrected chi connectivity index (χ0v) is 16.4. The van der Waals surface area contributed by atoms with Gasteiger partial charge in [-0.25, -0.2) is 4.39 Å². The highest BCUT2D eigenvalue weighted by Gasteiger charge is 2.20. The minimum Gasteiger partial charge on any atom is -0.321 e. The molecule has 0 aliphatic carbocycles. The van der Waals surface area contributed by atoms with Gasteiger partial charge in [0.15, 0.2) is 0 Å². The zero-order valence-electron chi connectivity index (χ0n) is 15.6. The topological polar surface area (TPSA) is 64.7 Å². The normalized spacial score (nSPS) is 12.2. The first kappa shape index (κ1) is 19.1. The van der Waals surface area contributed by atoms with E-state index in [1.54, 1.807) is 28.6 Å². The van der Waals surface area contributed by atoms with E-state index < -0.39 is 6.04 Å². The van der Waals surface area contributed by atoms with Gasteiger partial charge >= 0.3 is 0 Å². The van der Waals surface area contributed by atoms with Gasteiger partial charge in [-0.15, -0.1) is 0 Å². The van der Waals surface area contributed by atoms with Gasteiger partial charge in [0.2, 0.25) is 5.91 Å². The molecule has 2 aromatic heterocycles. The van der Waals surface area contributed by atoms with Crippen LogP contribution in [-0.2, 0) is 11.3 Å². The molecule has 0 radical (unpaired) electrons. The summed E-state index contributed by atoms with van der Waals surface area (Å²) in [5.41, 5.74) is 3.90. The second-order valence-electron chi connectivity index (χ2n) is 6.60. The smallest absolute Gasteiger partial charge is 0.249 e. The number of amides is 1. The van der Waals surface area contributed by atoms with E-state index in [9.17, 15) is 9.18 Å². The van der Waals surface area contributed by atoms with Crippen LogP contribution in [0.4, 0.5) is 10.1 Å². The van der Waals surface area contributed by atoms with Gasteiger partial charge < -0.3 is 5.32 Å². The first-order valence-corrected chi connectivity index (χ1v) is 8.93. The SMILES string of the molecule is Cc1cnn(C(C)C(=O)Nc2c(C)nn(Cc3ccc(F)cc3Cl)c2C)c1. The lowest BCUT2D eigenvalue weighted by molar-refractivity contribution is -0.119. The number of aryl methyl sites for hydroxylation is 2. The minimum absolute atomic E-state index is 0.177. The summed E-state index contributed by atoms with van der Waals surface area (Å²) >= 11 is 6.11. The fraction of sp³-hybridized carbons (Fsp3) is 0.316. The summed E-state index contributed by atoms with van der Waals surface area (Å²) in [5.74, 6) is -0.559. The molecule has 3 rings (SSSR count). The van der Waals surface area contributed by atoms with Crippen LogP contribution >= 0.6 is 11.6 Å². The molecule has 0 aliphatic rings. The third kappa shape index (κ3) is 4.03. The number of aromatic nitrogens is 4. The third-order valence-electron chi connectivity index (χ3n) is 4.47. The highest BCUT2D eigenvalue weighted by atomic mass is 35.5. The van der Waals surface area contributed by atoms with Crippen molar-refractivity contribution < 1.29 is 9.18 Å². The summed E-state index contributed by atoms with van der Waals surface area (Å²) in [7, 11) is 0. The van der Waals surface area contributed by atoms with E-state index in [4.69, 9.17) is 11.6 Å². The predicted octanol–water partition coefficient (Wildman–Crippen LogP) is 4.05. The molecule has 1 unspecified atom stereocenters. The summed E-state index contributed by atoms with van der Waals surface area (Å²) in [6.07, 6.45) is 3.54. The highest BCUT2D eigenvalue weighted by molar-refractivity contribution is 6.31. The van der Waals surface area contributed by atoms with E-state index in [0.717, 1.165) is 16.8 Å². The summed E-state index contributed by atoms with van der Waals surface area (Å²) in [6.45, 7) is 7.79. The third-order valence-corrected chi connectivity index (χ3v) is 4.82. The van der Waals surface area contributed by atoms with Gasteiger partial charge in [0.25, 0.3) is 0 Å². The van der Waals surface area contributed by atoms with Crippen LogP contribution < -0.4 is 5.32 Å². The summed E-state index contributed by atoms with van der Waals surface area (Å²) in [6, 6.07) is 3.82. The Kier molecular flexibility index (Phi) is 5.32. The molecule has 0 spiro atoms. The van der Waals surface area contributed by atoms with E-state index in [1.165, 1.54) is 12.1 Å². The number of nitrogens with one attached hydrogen (secondary N) is 1. The molecule has 27 heavy (non-hydrogen) atoms. The number of hydrogen-bond donors (Lipinski definition) is 1. The fourth-order valence-electron chi connectivity index (χ4n) is 2.84. The number of carbonyl (C=O) groups excluding carboxylic acids is 1. The first-order chi connectivity index (χ1) is 12.8. The van der Waals surface area contributed by atoms with Gasteiger partial charge in [0, 0.05) is 11.2 Å². The second-order valence-corrected chi connectivity index (χ2v) is 7.01. The number of halogens is 2. The molecule has 8 heteroatoms. The Balaban J connectivity index is 1.80. The summed E-state index contributed by atoms with van der Waals surface area (Å²) < 4.78 is 16.6. The van der Waals surface area contributed by atoms with Crippen molar-refractivity contribution in [3.8, 4) is 0 Å². The van der Waals surface area contributed by atoms with Crippen molar-refractivity contribution in [1.29, 1.82) is 0 Å². The molecule has 6 nitrogen and oxygen atoms in total. The molecule has 0 aliphatic heterocycles.